The van der Waals surface area contributed by atoms with Gasteiger partial charge in [-0.05, 0) is 64.4 Å². The van der Waals surface area contributed by atoms with Crippen molar-refractivity contribution in [1.82, 2.24) is 40.1 Å². The van der Waals surface area contributed by atoms with E-state index in [4.69, 9.17) is 4.74 Å². The minimum Gasteiger partial charge on any atom is -0.482 e. The summed E-state index contributed by atoms with van der Waals surface area (Å²) in [4.78, 5) is 0. The summed E-state index contributed by atoms with van der Waals surface area (Å²) in [6.07, 6.45) is 6.79. The molecule has 1 fully saturated rings. The van der Waals surface area contributed by atoms with Gasteiger partial charge in [0.05, 0.1) is 24.1 Å². The van der Waals surface area contributed by atoms with Gasteiger partial charge in [0.15, 0.2) is 0 Å². The Morgan fingerprint density at radius 1 is 1.18 bits per heavy atom. The predicted octanol–water partition coefficient (Wildman–Crippen LogP) is 2.94. The lowest BCUT2D eigenvalue weighted by atomic mass is 10.1. The van der Waals surface area contributed by atoms with Gasteiger partial charge in [0.25, 0.3) is 0 Å². The second kappa shape index (κ2) is 8.60. The van der Waals surface area contributed by atoms with Crippen LogP contribution in [-0.2, 0) is 0 Å². The molecule has 1 unspecified atom stereocenters. The first kappa shape index (κ1) is 21.0. The van der Waals surface area contributed by atoms with Crippen LogP contribution in [0.5, 0.6) is 5.75 Å². The number of hydrogen-bond acceptors (Lipinski definition) is 8. The van der Waals surface area contributed by atoms with E-state index < -0.39 is 0 Å². The van der Waals surface area contributed by atoms with Crippen LogP contribution in [0.2, 0.25) is 0 Å². The van der Waals surface area contributed by atoms with Gasteiger partial charge in [-0.2, -0.15) is 20.6 Å². The molecule has 168 valence electrons. The largest absolute Gasteiger partial charge is 0.482 e. The number of aromatic nitrogens is 7. The summed E-state index contributed by atoms with van der Waals surface area (Å²) in [6, 6.07) is 6.38. The van der Waals surface area contributed by atoms with Crippen molar-refractivity contribution in [1.29, 1.82) is 5.26 Å². The second-order valence-corrected chi connectivity index (χ2v) is 8.42. The number of nitrogens with zero attached hydrogens (tertiary/aromatic N) is 8. The molecule has 33 heavy (non-hydrogen) atoms. The molecule has 10 heteroatoms. The molecular formula is C23H25N9O. The summed E-state index contributed by atoms with van der Waals surface area (Å²) >= 11 is 0. The molecular weight excluding hydrogens is 418 g/mol. The van der Waals surface area contributed by atoms with Crippen molar-refractivity contribution < 1.29 is 4.74 Å². The first-order valence-corrected chi connectivity index (χ1v) is 11.1. The minimum absolute atomic E-state index is 0.335. The number of hydrogen-bond donors (Lipinski definition) is 1. The Morgan fingerprint density at radius 2 is 2.00 bits per heavy atom. The van der Waals surface area contributed by atoms with Crippen LogP contribution >= 0.6 is 0 Å². The average molecular weight is 444 g/mol. The molecule has 0 spiro atoms. The van der Waals surface area contributed by atoms with Crippen molar-refractivity contribution in [3.05, 3.63) is 53.2 Å². The molecule has 4 aromatic rings. The number of piperidine rings is 1. The molecule has 1 aliphatic rings. The van der Waals surface area contributed by atoms with Crippen LogP contribution in [0.25, 0.3) is 16.8 Å². The fraction of sp³-hybridized carbons (Fsp3) is 0.391. The molecule has 1 saturated heterocycles. The number of ether oxygens (including phenoxy) is 1. The average Bonchev–Trinajstić information content (AvgIpc) is 3.43. The zero-order valence-corrected chi connectivity index (χ0v) is 18.9. The van der Waals surface area contributed by atoms with Crippen LogP contribution < -0.4 is 10.1 Å². The third-order valence-corrected chi connectivity index (χ3v) is 6.08. The first-order chi connectivity index (χ1) is 16.0. The highest BCUT2D eigenvalue weighted by Gasteiger charge is 2.23. The van der Waals surface area contributed by atoms with Crippen LogP contribution in [0.3, 0.4) is 0 Å². The van der Waals surface area contributed by atoms with Gasteiger partial charge >= 0.3 is 0 Å². The normalized spacial score (nSPS) is 15.5. The molecule has 10 nitrogen and oxygen atoms in total. The Balaban J connectivity index is 1.56. The number of nitriles is 1. The zero-order valence-electron chi connectivity index (χ0n) is 18.9. The minimum atomic E-state index is -0.371. The van der Waals surface area contributed by atoms with Gasteiger partial charge in [-0.15, -0.1) is 5.10 Å². The van der Waals surface area contributed by atoms with Gasteiger partial charge in [0.2, 0.25) is 0 Å². The molecule has 1 aliphatic heterocycles. The van der Waals surface area contributed by atoms with Crippen LogP contribution in [-0.4, -0.2) is 47.9 Å². The van der Waals surface area contributed by atoms with Crippen LogP contribution in [0.15, 0.2) is 30.7 Å². The van der Waals surface area contributed by atoms with E-state index in [9.17, 15) is 5.26 Å². The highest BCUT2D eigenvalue weighted by atomic mass is 16.5. The maximum Gasteiger partial charge on any atom is 0.148 e. The molecule has 0 radical (unpaired) electrons. The van der Waals surface area contributed by atoms with E-state index >= 15 is 0 Å². The van der Waals surface area contributed by atoms with Crippen LogP contribution in [0, 0.1) is 25.2 Å². The van der Waals surface area contributed by atoms with Crippen LogP contribution in [0.4, 0.5) is 0 Å². The molecule has 0 aliphatic carbocycles. The molecule has 5 heterocycles. The fourth-order valence-electron chi connectivity index (χ4n) is 4.33. The molecule has 1 N–H and O–H groups in total. The molecule has 0 bridgehead atoms. The summed E-state index contributed by atoms with van der Waals surface area (Å²) in [5, 5.41) is 34.6. The number of pyridine rings is 1. The number of fused-ring (bicyclic) bond motifs is 1. The number of nitrogens with one attached hydrogen (secondary N) is 1. The molecule has 0 amide bonds. The Morgan fingerprint density at radius 3 is 2.76 bits per heavy atom. The molecule has 0 aromatic carbocycles. The van der Waals surface area contributed by atoms with Crippen molar-refractivity contribution in [2.75, 3.05) is 13.1 Å². The third kappa shape index (κ3) is 3.91. The molecule has 0 saturated carbocycles. The van der Waals surface area contributed by atoms with Gasteiger partial charge in [-0.25, -0.2) is 9.20 Å². The maximum atomic E-state index is 9.60. The van der Waals surface area contributed by atoms with Gasteiger partial charge in [-0.1, -0.05) is 5.21 Å². The maximum absolute atomic E-state index is 9.60. The fourth-order valence-corrected chi connectivity index (χ4v) is 4.33. The molecule has 4 aromatic heterocycles. The van der Waals surface area contributed by atoms with Crippen molar-refractivity contribution in [3.63, 3.8) is 0 Å². The van der Waals surface area contributed by atoms with Crippen molar-refractivity contribution >= 4 is 5.52 Å². The van der Waals surface area contributed by atoms with Gasteiger partial charge in [0, 0.05) is 11.8 Å². The molecule has 1 atom stereocenters. The topological polar surface area (TPSA) is 119 Å². The second-order valence-electron chi connectivity index (χ2n) is 8.42. The van der Waals surface area contributed by atoms with E-state index in [1.54, 1.807) is 16.9 Å². The lowest BCUT2D eigenvalue weighted by Crippen LogP contribution is -2.30. The summed E-state index contributed by atoms with van der Waals surface area (Å²) in [5.74, 6) is 0.535. The van der Waals surface area contributed by atoms with Crippen LogP contribution in [0.1, 0.15) is 54.4 Å². The van der Waals surface area contributed by atoms with Gasteiger partial charge in [-0.3, -0.25) is 0 Å². The van der Waals surface area contributed by atoms with E-state index in [0.29, 0.717) is 28.6 Å². The zero-order chi connectivity index (χ0) is 22.9. The predicted molar refractivity (Wildman–Crippen MR) is 121 cm³/mol. The Hall–Kier alpha value is -3.84. The van der Waals surface area contributed by atoms with E-state index in [-0.39, 0.29) is 6.10 Å². The lowest BCUT2D eigenvalue weighted by molar-refractivity contribution is 0.222. The lowest BCUT2D eigenvalue weighted by Gasteiger charge is -2.23. The number of rotatable bonds is 5. The standard InChI is InChI=1S/C23H25N9O/c1-14-8-20(28-26-11-14)16(3)33-21-9-17(13-31-23(21)18(10-24)12-27-31)22-15(2)32(30-29-22)19-4-6-25-7-5-19/h8-9,11-13,16,19,25H,4-7H2,1-3H3. The first-order valence-electron chi connectivity index (χ1n) is 11.1. The Labute approximate surface area is 191 Å². The van der Waals surface area contributed by atoms with Gasteiger partial charge < -0.3 is 10.1 Å². The van der Waals surface area contributed by atoms with E-state index in [1.165, 1.54) is 0 Å². The highest BCUT2D eigenvalue weighted by molar-refractivity contribution is 5.74. The Bertz CT molecular complexity index is 1340. The van der Waals surface area contributed by atoms with E-state index in [2.05, 4.69) is 37.0 Å². The highest BCUT2D eigenvalue weighted by Crippen LogP contribution is 2.34. The summed E-state index contributed by atoms with van der Waals surface area (Å²) in [7, 11) is 0. The quantitative estimate of drug-likeness (QED) is 0.500. The number of aryl methyl sites for hydroxylation is 1. The van der Waals surface area contributed by atoms with Crippen molar-refractivity contribution in [2.24, 2.45) is 0 Å². The van der Waals surface area contributed by atoms with E-state index in [0.717, 1.165) is 48.4 Å². The SMILES string of the molecule is Cc1cnnc(C(C)Oc2cc(-c3nnn(C4CCNCC4)c3C)cn3ncc(C#N)c23)c1. The van der Waals surface area contributed by atoms with Gasteiger partial charge in [0.1, 0.15) is 40.4 Å². The summed E-state index contributed by atoms with van der Waals surface area (Å²) in [5.41, 5.74) is 5.36. The third-order valence-electron chi connectivity index (χ3n) is 6.08. The summed E-state index contributed by atoms with van der Waals surface area (Å²) in [6.45, 7) is 7.87. The Kier molecular flexibility index (Phi) is 5.48. The van der Waals surface area contributed by atoms with E-state index in [1.807, 2.05) is 43.8 Å². The van der Waals surface area contributed by atoms with Crippen molar-refractivity contribution in [3.8, 4) is 23.1 Å². The summed E-state index contributed by atoms with van der Waals surface area (Å²) < 4.78 is 10.0. The smallest absolute Gasteiger partial charge is 0.148 e. The monoisotopic (exact) mass is 443 g/mol. The molecule has 5 rings (SSSR count). The van der Waals surface area contributed by atoms with Crippen molar-refractivity contribution in [2.45, 2.75) is 45.8 Å².